The largest absolute Gasteiger partial charge is 0.392 e. The van der Waals surface area contributed by atoms with Crippen LogP contribution < -0.4 is 5.32 Å². The molecule has 1 aliphatic rings. The van der Waals surface area contributed by atoms with E-state index in [9.17, 15) is 9.90 Å². The molecule has 1 aromatic carbocycles. The number of hydrogen-bond acceptors (Lipinski definition) is 4. The average Bonchev–Trinajstić information content (AvgIpc) is 3.21. The lowest BCUT2D eigenvalue weighted by Crippen LogP contribution is -2.22. The van der Waals surface area contributed by atoms with Gasteiger partial charge < -0.3 is 10.4 Å². The highest BCUT2D eigenvalue weighted by Crippen LogP contribution is 2.23. The van der Waals surface area contributed by atoms with E-state index in [1.807, 2.05) is 36.5 Å². The summed E-state index contributed by atoms with van der Waals surface area (Å²) in [6, 6.07) is 12.8. The number of anilines is 1. The molecule has 26 heavy (non-hydrogen) atoms. The summed E-state index contributed by atoms with van der Waals surface area (Å²) in [4.78, 5) is 19.5. The lowest BCUT2D eigenvalue weighted by Gasteiger charge is -2.12. The molecule has 1 amide bonds. The molecule has 0 aliphatic carbocycles. The van der Waals surface area contributed by atoms with Crippen LogP contribution in [0.2, 0.25) is 5.02 Å². The molecular formula is C19H19ClN4O2. The lowest BCUT2D eigenvalue weighted by molar-refractivity contribution is 0.101. The molecule has 134 valence electrons. The molecule has 1 aliphatic heterocycles. The number of aliphatic hydroxyl groups excluding tert-OH is 1. The summed E-state index contributed by atoms with van der Waals surface area (Å²) >= 11 is 6.13. The van der Waals surface area contributed by atoms with Crippen LogP contribution in [0.4, 0.5) is 5.69 Å². The molecule has 1 unspecified atom stereocenters. The highest BCUT2D eigenvalue weighted by Gasteiger charge is 2.24. The van der Waals surface area contributed by atoms with Crippen molar-refractivity contribution in [2.24, 2.45) is 0 Å². The zero-order valence-electron chi connectivity index (χ0n) is 14.1. The van der Waals surface area contributed by atoms with Gasteiger partial charge in [0.15, 0.2) is 0 Å². The summed E-state index contributed by atoms with van der Waals surface area (Å²) in [5, 5.41) is 13.0. The van der Waals surface area contributed by atoms with Crippen molar-refractivity contribution in [1.29, 1.82) is 0 Å². The molecule has 0 saturated carbocycles. The number of pyridine rings is 1. The maximum atomic E-state index is 12.8. The van der Waals surface area contributed by atoms with Crippen molar-refractivity contribution < 1.29 is 9.90 Å². The summed E-state index contributed by atoms with van der Waals surface area (Å²) in [7, 11) is 0. The molecule has 0 radical (unpaired) electrons. The lowest BCUT2D eigenvalue weighted by atomic mass is 10.3. The molecule has 4 rings (SSSR count). The van der Waals surface area contributed by atoms with E-state index in [-0.39, 0.29) is 12.0 Å². The van der Waals surface area contributed by atoms with Crippen LogP contribution in [0.15, 0.2) is 48.7 Å². The number of hydrogen-bond donors (Lipinski definition) is 2. The average molecular weight is 371 g/mol. The number of aromatic nitrogens is 2. The monoisotopic (exact) mass is 370 g/mol. The van der Waals surface area contributed by atoms with E-state index in [0.29, 0.717) is 29.6 Å². The van der Waals surface area contributed by atoms with Crippen LogP contribution in [0.25, 0.3) is 5.52 Å². The van der Waals surface area contributed by atoms with Crippen molar-refractivity contribution in [2.75, 3.05) is 18.4 Å². The predicted molar refractivity (Wildman–Crippen MR) is 100 cm³/mol. The maximum Gasteiger partial charge on any atom is 0.292 e. The highest BCUT2D eigenvalue weighted by atomic mass is 35.5. The number of likely N-dealkylation sites (tertiary alicyclic amines) is 1. The minimum absolute atomic E-state index is 0.285. The molecule has 3 heterocycles. The molecular weight excluding hydrogens is 352 g/mol. The number of amides is 1. The molecule has 1 saturated heterocycles. The fourth-order valence-electron chi connectivity index (χ4n) is 3.29. The van der Waals surface area contributed by atoms with Crippen LogP contribution >= 0.6 is 11.6 Å². The van der Waals surface area contributed by atoms with Crippen molar-refractivity contribution >= 4 is 28.7 Å². The third kappa shape index (κ3) is 3.31. The van der Waals surface area contributed by atoms with Crippen molar-refractivity contribution in [1.82, 2.24) is 14.3 Å². The standard InChI is InChI=1S/C19H19ClN4O2/c20-14-5-1-2-6-15(14)22-19(26)18-21-16(12-23-10-8-13(25)11-23)17-7-3-4-9-24(17)18/h1-7,9,13,25H,8,10-12H2,(H,22,26). The van der Waals surface area contributed by atoms with Gasteiger partial charge in [0.1, 0.15) is 0 Å². The first kappa shape index (κ1) is 17.0. The second-order valence-corrected chi connectivity index (χ2v) is 6.86. The Kier molecular flexibility index (Phi) is 4.63. The number of imidazole rings is 1. The van der Waals surface area contributed by atoms with E-state index in [2.05, 4.69) is 15.2 Å². The predicted octanol–water partition coefficient (Wildman–Crippen LogP) is 2.81. The number of aliphatic hydroxyl groups is 1. The van der Waals surface area contributed by atoms with E-state index in [1.165, 1.54) is 0 Å². The zero-order valence-corrected chi connectivity index (χ0v) is 14.9. The quantitative estimate of drug-likeness (QED) is 0.741. The summed E-state index contributed by atoms with van der Waals surface area (Å²) in [5.74, 6) is 0.00210. The van der Waals surface area contributed by atoms with Crippen LogP contribution in [0.5, 0.6) is 0 Å². The van der Waals surface area contributed by atoms with Gasteiger partial charge in [0.2, 0.25) is 5.82 Å². The van der Waals surface area contributed by atoms with E-state index in [1.54, 1.807) is 16.5 Å². The number of nitrogens with zero attached hydrogens (tertiary/aromatic N) is 3. The van der Waals surface area contributed by atoms with Gasteiger partial charge in [-0.25, -0.2) is 4.98 Å². The molecule has 2 N–H and O–H groups in total. The van der Waals surface area contributed by atoms with E-state index in [4.69, 9.17) is 11.6 Å². The van der Waals surface area contributed by atoms with Gasteiger partial charge in [-0.05, 0) is 30.7 Å². The fraction of sp³-hybridized carbons (Fsp3) is 0.263. The van der Waals surface area contributed by atoms with Crippen LogP contribution in [-0.4, -0.2) is 44.5 Å². The van der Waals surface area contributed by atoms with Crippen LogP contribution in [-0.2, 0) is 6.54 Å². The Morgan fingerprint density at radius 1 is 1.27 bits per heavy atom. The summed E-state index contributed by atoms with van der Waals surface area (Å²) in [6.07, 6.45) is 2.31. The fourth-order valence-corrected chi connectivity index (χ4v) is 3.47. The Bertz CT molecular complexity index is 956. The van der Waals surface area contributed by atoms with E-state index < -0.39 is 0 Å². The van der Waals surface area contributed by atoms with Crippen LogP contribution in [0.3, 0.4) is 0 Å². The minimum Gasteiger partial charge on any atom is -0.392 e. The molecule has 1 fully saturated rings. The van der Waals surface area contributed by atoms with Gasteiger partial charge in [-0.3, -0.25) is 14.1 Å². The Morgan fingerprint density at radius 3 is 2.85 bits per heavy atom. The van der Waals surface area contributed by atoms with Gasteiger partial charge >= 0.3 is 0 Å². The number of benzene rings is 1. The summed E-state index contributed by atoms with van der Waals surface area (Å²) in [5.41, 5.74) is 2.26. The van der Waals surface area contributed by atoms with Crippen molar-refractivity contribution in [2.45, 2.75) is 19.1 Å². The van der Waals surface area contributed by atoms with E-state index in [0.717, 1.165) is 24.2 Å². The number of carbonyl (C=O) groups excluding carboxylic acids is 1. The smallest absolute Gasteiger partial charge is 0.292 e. The molecule has 3 aromatic rings. The Morgan fingerprint density at radius 2 is 2.08 bits per heavy atom. The molecule has 7 heteroatoms. The third-order valence-corrected chi connectivity index (χ3v) is 4.90. The van der Waals surface area contributed by atoms with E-state index >= 15 is 0 Å². The number of fused-ring (bicyclic) bond motifs is 1. The SMILES string of the molecule is O=C(Nc1ccccc1Cl)c1nc(CN2CCC(O)C2)c2ccccn12. The molecule has 0 spiro atoms. The molecule has 0 bridgehead atoms. The normalized spacial score (nSPS) is 17.7. The molecule has 1 atom stereocenters. The van der Waals surface area contributed by atoms with Gasteiger partial charge in [-0.1, -0.05) is 29.8 Å². The first-order chi connectivity index (χ1) is 12.6. The van der Waals surface area contributed by atoms with Crippen LogP contribution in [0.1, 0.15) is 22.7 Å². The Balaban J connectivity index is 1.64. The topological polar surface area (TPSA) is 69.9 Å². The maximum absolute atomic E-state index is 12.8. The number of nitrogens with one attached hydrogen (secondary N) is 1. The van der Waals surface area contributed by atoms with Crippen molar-refractivity contribution in [3.8, 4) is 0 Å². The first-order valence-electron chi connectivity index (χ1n) is 8.54. The van der Waals surface area contributed by atoms with Gasteiger partial charge in [0, 0.05) is 25.8 Å². The number of para-hydroxylation sites is 1. The first-order valence-corrected chi connectivity index (χ1v) is 8.92. The third-order valence-electron chi connectivity index (χ3n) is 4.57. The number of halogens is 1. The van der Waals surface area contributed by atoms with Gasteiger partial charge in [-0.15, -0.1) is 0 Å². The van der Waals surface area contributed by atoms with Gasteiger partial charge in [0.25, 0.3) is 5.91 Å². The minimum atomic E-state index is -0.313. The summed E-state index contributed by atoms with van der Waals surface area (Å²) < 4.78 is 1.79. The number of rotatable bonds is 4. The Hall–Kier alpha value is -2.41. The molecule has 2 aromatic heterocycles. The number of β-amino-alcohol motifs (C(OH)–C–C–N with tert-alkyl or cyclic N) is 1. The van der Waals surface area contributed by atoms with Crippen molar-refractivity contribution in [3.05, 3.63) is 65.2 Å². The second-order valence-electron chi connectivity index (χ2n) is 6.45. The highest BCUT2D eigenvalue weighted by molar-refractivity contribution is 6.33. The zero-order chi connectivity index (χ0) is 18.1. The van der Waals surface area contributed by atoms with Gasteiger partial charge in [-0.2, -0.15) is 0 Å². The molecule has 6 nitrogen and oxygen atoms in total. The second kappa shape index (κ2) is 7.07. The van der Waals surface area contributed by atoms with Gasteiger partial charge in [0.05, 0.1) is 28.0 Å². The van der Waals surface area contributed by atoms with Crippen molar-refractivity contribution in [3.63, 3.8) is 0 Å². The Labute approximate surface area is 156 Å². The van der Waals surface area contributed by atoms with Crippen LogP contribution in [0, 0.1) is 0 Å². The summed E-state index contributed by atoms with van der Waals surface area (Å²) in [6.45, 7) is 2.06. The number of carbonyl (C=O) groups is 1.